The van der Waals surface area contributed by atoms with Gasteiger partial charge in [0.15, 0.2) is 5.82 Å². The summed E-state index contributed by atoms with van der Waals surface area (Å²) in [4.78, 5) is 14.4. The van der Waals surface area contributed by atoms with Crippen LogP contribution in [0.15, 0.2) is 28.9 Å². The first-order valence-electron chi connectivity index (χ1n) is 10.8. The van der Waals surface area contributed by atoms with Gasteiger partial charge < -0.3 is 24.8 Å². The molecule has 2 N–H and O–H groups in total. The van der Waals surface area contributed by atoms with Gasteiger partial charge in [-0.15, -0.1) is 0 Å². The average molecular weight is 502 g/mol. The van der Waals surface area contributed by atoms with Crippen LogP contribution in [0.2, 0.25) is 0 Å². The van der Waals surface area contributed by atoms with Gasteiger partial charge in [0, 0.05) is 43.6 Å². The first-order valence-corrected chi connectivity index (χ1v) is 11.6. The van der Waals surface area contributed by atoms with E-state index in [2.05, 4.69) is 38.5 Å². The maximum absolute atomic E-state index is 5.51. The number of aromatic nitrogens is 3. The molecule has 1 saturated heterocycles. The Balaban J connectivity index is 1.63. The van der Waals surface area contributed by atoms with Crippen molar-refractivity contribution in [1.82, 2.24) is 15.0 Å². The lowest BCUT2D eigenvalue weighted by Crippen LogP contribution is -2.29. The quantitative estimate of drug-likeness (QED) is 0.463. The minimum Gasteiger partial charge on any atom is -0.497 e. The number of ether oxygens (including phenoxy) is 3. The summed E-state index contributed by atoms with van der Waals surface area (Å²) in [5, 5.41) is 6.98. The first kappa shape index (κ1) is 22.5. The molecule has 3 heterocycles. The van der Waals surface area contributed by atoms with E-state index in [0.29, 0.717) is 18.4 Å². The molecule has 0 aliphatic carbocycles. The molecule has 1 aliphatic heterocycles. The Hall–Kier alpha value is -2.65. The summed E-state index contributed by atoms with van der Waals surface area (Å²) >= 11 is 3.60. The van der Waals surface area contributed by atoms with Crippen LogP contribution >= 0.6 is 15.9 Å². The van der Waals surface area contributed by atoms with Gasteiger partial charge in [0.2, 0.25) is 0 Å². The average Bonchev–Trinajstić information content (AvgIpc) is 2.84. The molecule has 0 bridgehead atoms. The van der Waals surface area contributed by atoms with Crippen molar-refractivity contribution in [3.05, 3.63) is 40.1 Å². The van der Waals surface area contributed by atoms with Crippen molar-refractivity contribution in [2.45, 2.75) is 38.8 Å². The van der Waals surface area contributed by atoms with E-state index in [0.717, 1.165) is 76.6 Å². The fourth-order valence-corrected chi connectivity index (χ4v) is 4.13. The molecule has 0 unspecified atom stereocenters. The van der Waals surface area contributed by atoms with E-state index in [4.69, 9.17) is 24.2 Å². The standard InChI is InChI=1S/C23H28BrN5O3/c1-4-18-22(27-15-7-9-32-10-8-15)29-20-17(24)13-26-23(21(20)28-18)25-12-14-5-6-16(30-2)11-19(14)31-3/h5-6,11,13,15H,4,7-10,12H2,1-3H3,(H,25,26)(H,27,29). The number of hydrogen-bond donors (Lipinski definition) is 2. The molecule has 3 aromatic rings. The molecular weight excluding hydrogens is 474 g/mol. The summed E-state index contributed by atoms with van der Waals surface area (Å²) in [5.74, 6) is 3.02. The molecule has 0 amide bonds. The molecule has 0 spiro atoms. The highest BCUT2D eigenvalue weighted by atomic mass is 79.9. The molecule has 0 saturated carbocycles. The van der Waals surface area contributed by atoms with E-state index in [-0.39, 0.29) is 0 Å². The number of rotatable bonds is 8. The fraction of sp³-hybridized carbons (Fsp3) is 0.435. The summed E-state index contributed by atoms with van der Waals surface area (Å²) in [7, 11) is 3.29. The lowest BCUT2D eigenvalue weighted by atomic mass is 10.1. The molecule has 1 aliphatic rings. The Morgan fingerprint density at radius 3 is 2.62 bits per heavy atom. The number of pyridine rings is 1. The van der Waals surface area contributed by atoms with Gasteiger partial charge >= 0.3 is 0 Å². The zero-order chi connectivity index (χ0) is 22.5. The second kappa shape index (κ2) is 10.3. The SMILES string of the molecule is CCc1nc2c(NCc3ccc(OC)cc3OC)ncc(Br)c2nc1NC1CCOCC1. The largest absolute Gasteiger partial charge is 0.497 e. The Bertz CT molecular complexity index is 1090. The number of anilines is 2. The van der Waals surface area contributed by atoms with Crippen molar-refractivity contribution in [3.8, 4) is 11.5 Å². The van der Waals surface area contributed by atoms with E-state index in [1.165, 1.54) is 0 Å². The number of nitrogens with one attached hydrogen (secondary N) is 2. The van der Waals surface area contributed by atoms with Crippen LogP contribution in [0.4, 0.5) is 11.6 Å². The predicted octanol–water partition coefficient (Wildman–Crippen LogP) is 4.57. The van der Waals surface area contributed by atoms with Gasteiger partial charge in [0.05, 0.1) is 24.4 Å². The van der Waals surface area contributed by atoms with Crippen molar-refractivity contribution >= 4 is 38.6 Å². The third-order valence-corrected chi connectivity index (χ3v) is 6.14. The Morgan fingerprint density at radius 2 is 1.91 bits per heavy atom. The molecule has 0 radical (unpaired) electrons. The van der Waals surface area contributed by atoms with E-state index in [1.54, 1.807) is 20.4 Å². The summed E-state index contributed by atoms with van der Waals surface area (Å²) in [5.41, 5.74) is 3.43. The monoisotopic (exact) mass is 501 g/mol. The lowest BCUT2D eigenvalue weighted by Gasteiger charge is -2.24. The number of benzene rings is 1. The second-order valence-electron chi connectivity index (χ2n) is 7.59. The molecule has 32 heavy (non-hydrogen) atoms. The normalized spacial score (nSPS) is 14.4. The Kier molecular flexibility index (Phi) is 7.26. The number of fused-ring (bicyclic) bond motifs is 1. The van der Waals surface area contributed by atoms with Crippen molar-refractivity contribution in [2.24, 2.45) is 0 Å². The molecule has 170 valence electrons. The van der Waals surface area contributed by atoms with Crippen molar-refractivity contribution < 1.29 is 14.2 Å². The fourth-order valence-electron chi connectivity index (χ4n) is 3.75. The van der Waals surface area contributed by atoms with Gasteiger partial charge in [-0.2, -0.15) is 0 Å². The van der Waals surface area contributed by atoms with E-state index in [9.17, 15) is 0 Å². The van der Waals surface area contributed by atoms with Crippen LogP contribution in [0.5, 0.6) is 11.5 Å². The maximum atomic E-state index is 5.51. The third-order valence-electron chi connectivity index (χ3n) is 5.56. The predicted molar refractivity (Wildman–Crippen MR) is 129 cm³/mol. The van der Waals surface area contributed by atoms with Crippen LogP contribution in [0, 0.1) is 0 Å². The van der Waals surface area contributed by atoms with E-state index in [1.807, 2.05) is 18.2 Å². The number of methoxy groups -OCH3 is 2. The smallest absolute Gasteiger partial charge is 0.154 e. The number of hydrogen-bond acceptors (Lipinski definition) is 8. The van der Waals surface area contributed by atoms with Crippen LogP contribution < -0.4 is 20.1 Å². The molecule has 4 rings (SSSR count). The van der Waals surface area contributed by atoms with Crippen molar-refractivity contribution in [3.63, 3.8) is 0 Å². The summed E-state index contributed by atoms with van der Waals surface area (Å²) in [6, 6.07) is 6.11. The van der Waals surface area contributed by atoms with Crippen molar-refractivity contribution in [1.29, 1.82) is 0 Å². The maximum Gasteiger partial charge on any atom is 0.154 e. The highest BCUT2D eigenvalue weighted by Gasteiger charge is 2.19. The van der Waals surface area contributed by atoms with Crippen LogP contribution in [-0.2, 0) is 17.7 Å². The molecule has 2 aromatic heterocycles. The Labute approximate surface area is 196 Å². The van der Waals surface area contributed by atoms with Gasteiger partial charge in [0.25, 0.3) is 0 Å². The molecule has 0 atom stereocenters. The lowest BCUT2D eigenvalue weighted by molar-refractivity contribution is 0.0903. The summed E-state index contributed by atoms with van der Waals surface area (Å²) < 4.78 is 17.1. The zero-order valence-electron chi connectivity index (χ0n) is 18.6. The highest BCUT2D eigenvalue weighted by molar-refractivity contribution is 9.10. The number of aryl methyl sites for hydroxylation is 1. The Morgan fingerprint density at radius 1 is 1.09 bits per heavy atom. The number of halogens is 1. The second-order valence-corrected chi connectivity index (χ2v) is 8.44. The van der Waals surface area contributed by atoms with Crippen LogP contribution in [0.1, 0.15) is 31.0 Å². The zero-order valence-corrected chi connectivity index (χ0v) is 20.2. The molecule has 1 fully saturated rings. The van der Waals surface area contributed by atoms with E-state index < -0.39 is 0 Å². The van der Waals surface area contributed by atoms with Crippen LogP contribution in [-0.4, -0.2) is 48.4 Å². The van der Waals surface area contributed by atoms with Gasteiger partial charge in [0.1, 0.15) is 28.4 Å². The molecule has 1 aromatic carbocycles. The molecular formula is C23H28BrN5O3. The third kappa shape index (κ3) is 4.88. The van der Waals surface area contributed by atoms with Crippen molar-refractivity contribution in [2.75, 3.05) is 38.1 Å². The minimum absolute atomic E-state index is 0.349. The van der Waals surface area contributed by atoms with Gasteiger partial charge in [-0.05, 0) is 47.3 Å². The van der Waals surface area contributed by atoms with Gasteiger partial charge in [-0.3, -0.25) is 0 Å². The summed E-state index contributed by atoms with van der Waals surface area (Å²) in [6.07, 6.45) is 4.47. The minimum atomic E-state index is 0.349. The van der Waals surface area contributed by atoms with E-state index >= 15 is 0 Å². The van der Waals surface area contributed by atoms with Crippen LogP contribution in [0.25, 0.3) is 11.0 Å². The highest BCUT2D eigenvalue weighted by Crippen LogP contribution is 2.30. The van der Waals surface area contributed by atoms with Gasteiger partial charge in [-0.1, -0.05) is 6.92 Å². The summed E-state index contributed by atoms with van der Waals surface area (Å²) in [6.45, 7) is 4.17. The molecule has 9 heteroatoms. The topological polar surface area (TPSA) is 90.4 Å². The molecule has 8 nitrogen and oxygen atoms in total. The first-order chi connectivity index (χ1) is 15.6. The van der Waals surface area contributed by atoms with Crippen LogP contribution in [0.3, 0.4) is 0 Å². The number of nitrogens with zero attached hydrogens (tertiary/aromatic N) is 3. The van der Waals surface area contributed by atoms with Gasteiger partial charge in [-0.25, -0.2) is 15.0 Å².